The Morgan fingerprint density at radius 2 is 2.25 bits per heavy atom. The number of epoxide rings is 1. The van der Waals surface area contributed by atoms with Gasteiger partial charge in [0.1, 0.15) is 0 Å². The molecular weight excluding hydrogens is 164 g/mol. The summed E-state index contributed by atoms with van der Waals surface area (Å²) in [5, 5.41) is 26.7. The fourth-order valence-electron chi connectivity index (χ4n) is 1.20. The van der Waals surface area contributed by atoms with E-state index in [4.69, 9.17) is 20.1 Å². The van der Waals surface area contributed by atoms with Crippen molar-refractivity contribution in [3.63, 3.8) is 0 Å². The number of aliphatic carboxylic acids is 1. The molecular formula is C7H6O5. The lowest BCUT2D eigenvalue weighted by atomic mass is 9.99. The number of hydrogen-bond acceptors (Lipinski definition) is 4. The smallest absolute Gasteiger partial charge is 0.343 e. The first-order valence-electron chi connectivity index (χ1n) is 3.30. The molecule has 12 heavy (non-hydrogen) atoms. The summed E-state index contributed by atoms with van der Waals surface area (Å²) in [6, 6.07) is 0. The van der Waals surface area contributed by atoms with Gasteiger partial charge in [-0.25, -0.2) is 4.79 Å². The van der Waals surface area contributed by atoms with Gasteiger partial charge in [0, 0.05) is 0 Å². The van der Waals surface area contributed by atoms with Crippen LogP contribution in [0.15, 0.2) is 23.7 Å². The summed E-state index contributed by atoms with van der Waals surface area (Å²) in [5.41, 5.74) is -1.43. The van der Waals surface area contributed by atoms with E-state index in [2.05, 4.69) is 0 Å². The Bertz CT molecular complexity index is 316. The third-order valence-corrected chi connectivity index (χ3v) is 1.98. The van der Waals surface area contributed by atoms with Gasteiger partial charge in [-0.3, -0.25) is 0 Å². The van der Waals surface area contributed by atoms with Crippen molar-refractivity contribution in [3.8, 4) is 0 Å². The summed E-state index contributed by atoms with van der Waals surface area (Å²) in [5.74, 6) is -1.92. The number of carboxylic acid groups (broad SMARTS) is 1. The van der Waals surface area contributed by atoms with E-state index >= 15 is 0 Å². The van der Waals surface area contributed by atoms with E-state index in [0.717, 1.165) is 6.08 Å². The van der Waals surface area contributed by atoms with Crippen LogP contribution in [0.4, 0.5) is 0 Å². The maximum atomic E-state index is 10.6. The highest BCUT2D eigenvalue weighted by Crippen LogP contribution is 2.45. The fraction of sp³-hybridized carbons (Fsp3) is 0.286. The van der Waals surface area contributed by atoms with Gasteiger partial charge in [0.2, 0.25) is 5.60 Å². The maximum Gasteiger partial charge on any atom is 0.343 e. The van der Waals surface area contributed by atoms with Crippen molar-refractivity contribution < 1.29 is 24.9 Å². The molecule has 0 aromatic rings. The molecule has 3 N–H and O–H groups in total. The molecule has 5 nitrogen and oxygen atoms in total. The van der Waals surface area contributed by atoms with Crippen molar-refractivity contribution in [2.45, 2.75) is 11.7 Å². The Labute approximate surface area is 67.2 Å². The second-order valence-electron chi connectivity index (χ2n) is 2.70. The predicted octanol–water partition coefficient (Wildman–Crippen LogP) is 0.106. The van der Waals surface area contributed by atoms with Gasteiger partial charge in [-0.2, -0.15) is 0 Å². The number of hydrogen-bond donors (Lipinski definition) is 3. The normalized spacial score (nSPS) is 37.8. The Kier molecular flexibility index (Phi) is 1.08. The molecule has 0 aromatic heterocycles. The Morgan fingerprint density at radius 3 is 2.83 bits per heavy atom. The molecule has 1 aliphatic heterocycles. The van der Waals surface area contributed by atoms with Crippen molar-refractivity contribution >= 4 is 5.97 Å². The summed E-state index contributed by atoms with van der Waals surface area (Å²) in [6.45, 7) is 0. The summed E-state index contributed by atoms with van der Waals surface area (Å²) < 4.78 is 4.76. The van der Waals surface area contributed by atoms with Crippen LogP contribution in [-0.4, -0.2) is 33.0 Å². The molecule has 1 fully saturated rings. The van der Waals surface area contributed by atoms with Gasteiger partial charge in [0.25, 0.3) is 0 Å². The molecule has 2 rings (SSSR count). The first-order valence-corrected chi connectivity index (χ1v) is 3.30. The van der Waals surface area contributed by atoms with E-state index in [0.29, 0.717) is 0 Å². The Morgan fingerprint density at radius 1 is 1.58 bits per heavy atom. The molecule has 1 heterocycles. The zero-order valence-electron chi connectivity index (χ0n) is 5.89. The van der Waals surface area contributed by atoms with Crippen molar-refractivity contribution in [1.82, 2.24) is 0 Å². The van der Waals surface area contributed by atoms with Crippen LogP contribution < -0.4 is 0 Å². The molecule has 0 bridgehead atoms. The number of aliphatic hydroxyl groups excluding tert-OH is 2. The van der Waals surface area contributed by atoms with Crippen LogP contribution in [0.2, 0.25) is 0 Å². The maximum absolute atomic E-state index is 10.6. The summed E-state index contributed by atoms with van der Waals surface area (Å²) in [7, 11) is 0. The van der Waals surface area contributed by atoms with Gasteiger partial charge in [0.05, 0.1) is 0 Å². The molecule has 1 saturated heterocycles. The number of allylic oxidation sites excluding steroid dienone is 1. The van der Waals surface area contributed by atoms with Gasteiger partial charge in [-0.1, -0.05) is 0 Å². The minimum absolute atomic E-state index is 0.339. The number of carbonyl (C=O) groups is 1. The van der Waals surface area contributed by atoms with E-state index in [1.807, 2.05) is 0 Å². The summed E-state index contributed by atoms with van der Waals surface area (Å²) in [6.07, 6.45) is 1.42. The van der Waals surface area contributed by atoms with Crippen molar-refractivity contribution in [2.75, 3.05) is 0 Å². The van der Waals surface area contributed by atoms with Gasteiger partial charge in [-0.05, 0) is 12.2 Å². The van der Waals surface area contributed by atoms with Crippen LogP contribution in [0.3, 0.4) is 0 Å². The van der Waals surface area contributed by atoms with Crippen molar-refractivity contribution in [2.24, 2.45) is 0 Å². The number of rotatable bonds is 1. The molecule has 0 amide bonds. The molecule has 2 aliphatic rings. The quantitative estimate of drug-likeness (QED) is 0.486. The van der Waals surface area contributed by atoms with Gasteiger partial charge in [-0.15, -0.1) is 0 Å². The fourth-order valence-corrected chi connectivity index (χ4v) is 1.20. The molecule has 0 aromatic carbocycles. The summed E-state index contributed by atoms with van der Waals surface area (Å²) in [4.78, 5) is 10.6. The van der Waals surface area contributed by atoms with E-state index in [1.165, 1.54) is 6.08 Å². The molecule has 0 saturated carbocycles. The summed E-state index contributed by atoms with van der Waals surface area (Å²) >= 11 is 0. The second-order valence-corrected chi connectivity index (χ2v) is 2.70. The molecule has 2 unspecified atom stereocenters. The van der Waals surface area contributed by atoms with Gasteiger partial charge < -0.3 is 20.1 Å². The molecule has 1 aliphatic carbocycles. The minimum atomic E-state index is -1.43. The average molecular weight is 170 g/mol. The first-order chi connectivity index (χ1) is 5.58. The minimum Gasteiger partial charge on any atom is -0.506 e. The van der Waals surface area contributed by atoms with Crippen LogP contribution in [0.25, 0.3) is 0 Å². The second kappa shape index (κ2) is 1.81. The SMILES string of the molecule is O=C(O)C12C=CC(O)=C(O)C1O2. The zero-order chi connectivity index (χ0) is 8.93. The predicted molar refractivity (Wildman–Crippen MR) is 36.7 cm³/mol. The lowest BCUT2D eigenvalue weighted by molar-refractivity contribution is -0.141. The average Bonchev–Trinajstić information content (AvgIpc) is 2.74. The molecule has 0 spiro atoms. The topological polar surface area (TPSA) is 90.3 Å². The standard InChI is InChI=1S/C7H6O5/c8-3-1-2-7(6(10)11)5(12-7)4(3)9/h1-2,5,8-9H,(H,10,11). The lowest BCUT2D eigenvalue weighted by Gasteiger charge is -2.06. The number of aliphatic hydroxyl groups is 2. The van der Waals surface area contributed by atoms with Crippen LogP contribution in [-0.2, 0) is 9.53 Å². The van der Waals surface area contributed by atoms with E-state index in [-0.39, 0.29) is 5.76 Å². The lowest BCUT2D eigenvalue weighted by Crippen LogP contribution is -2.27. The molecule has 5 heteroatoms. The molecule has 64 valence electrons. The largest absolute Gasteiger partial charge is 0.506 e. The van der Waals surface area contributed by atoms with Crippen LogP contribution >= 0.6 is 0 Å². The molecule has 2 atom stereocenters. The van der Waals surface area contributed by atoms with Gasteiger partial charge >= 0.3 is 5.97 Å². The van der Waals surface area contributed by atoms with E-state index in [9.17, 15) is 4.79 Å². The Hall–Kier alpha value is -1.49. The van der Waals surface area contributed by atoms with E-state index < -0.39 is 23.4 Å². The number of carboxylic acids is 1. The monoisotopic (exact) mass is 170 g/mol. The van der Waals surface area contributed by atoms with Crippen molar-refractivity contribution in [3.05, 3.63) is 23.7 Å². The number of fused-ring (bicyclic) bond motifs is 1. The van der Waals surface area contributed by atoms with Crippen LogP contribution in [0.5, 0.6) is 0 Å². The number of ether oxygens (including phenoxy) is 1. The van der Waals surface area contributed by atoms with Gasteiger partial charge in [0.15, 0.2) is 17.6 Å². The third kappa shape index (κ3) is 0.634. The highest BCUT2D eigenvalue weighted by atomic mass is 16.6. The Balaban J connectivity index is 2.37. The van der Waals surface area contributed by atoms with Crippen molar-refractivity contribution in [1.29, 1.82) is 0 Å². The van der Waals surface area contributed by atoms with Crippen LogP contribution in [0.1, 0.15) is 0 Å². The highest BCUT2D eigenvalue weighted by molar-refractivity contribution is 5.86. The van der Waals surface area contributed by atoms with Crippen LogP contribution in [0, 0.1) is 0 Å². The van der Waals surface area contributed by atoms with E-state index in [1.54, 1.807) is 0 Å². The third-order valence-electron chi connectivity index (χ3n) is 1.98. The highest BCUT2D eigenvalue weighted by Gasteiger charge is 2.65. The molecule has 0 radical (unpaired) electrons. The zero-order valence-corrected chi connectivity index (χ0v) is 5.89. The first kappa shape index (κ1) is 7.17.